The second kappa shape index (κ2) is 7.28. The number of piperidine rings is 1. The molecule has 0 saturated carbocycles. The third-order valence-electron chi connectivity index (χ3n) is 4.16. The lowest BCUT2D eigenvalue weighted by Crippen LogP contribution is -2.36. The average molecular weight is 282 g/mol. The van der Waals surface area contributed by atoms with Gasteiger partial charge in [0, 0.05) is 18.1 Å². The van der Waals surface area contributed by atoms with Crippen LogP contribution in [0.2, 0.25) is 5.02 Å². The first-order chi connectivity index (χ1) is 9.20. The smallest absolute Gasteiger partial charge is 0.0816 e. The minimum absolute atomic E-state index is 0.448. The summed E-state index contributed by atoms with van der Waals surface area (Å²) in [4.78, 5) is 2.48. The lowest BCUT2D eigenvalue weighted by atomic mass is 9.95. The molecule has 0 spiro atoms. The van der Waals surface area contributed by atoms with Gasteiger partial charge in [-0.3, -0.25) is 0 Å². The highest BCUT2D eigenvalue weighted by atomic mass is 35.5. The summed E-state index contributed by atoms with van der Waals surface area (Å²) in [6.45, 7) is 5.59. The number of aliphatic hydroxyl groups excluding tert-OH is 1. The molecule has 3 heteroatoms. The molecule has 1 fully saturated rings. The van der Waals surface area contributed by atoms with Crippen molar-refractivity contribution in [2.45, 2.75) is 38.7 Å². The van der Waals surface area contributed by atoms with E-state index in [9.17, 15) is 5.11 Å². The first kappa shape index (κ1) is 14.8. The van der Waals surface area contributed by atoms with Crippen molar-refractivity contribution in [3.05, 3.63) is 34.9 Å². The highest BCUT2D eigenvalue weighted by Gasteiger charge is 2.19. The van der Waals surface area contributed by atoms with Crippen LogP contribution in [0.5, 0.6) is 0 Å². The Morgan fingerprint density at radius 2 is 2.21 bits per heavy atom. The van der Waals surface area contributed by atoms with Gasteiger partial charge in [0.05, 0.1) is 6.10 Å². The van der Waals surface area contributed by atoms with Crippen LogP contribution < -0.4 is 0 Å². The third kappa shape index (κ3) is 4.20. The van der Waals surface area contributed by atoms with Crippen molar-refractivity contribution in [1.29, 1.82) is 0 Å². The van der Waals surface area contributed by atoms with Crippen LogP contribution in [0, 0.1) is 5.92 Å². The first-order valence-corrected chi connectivity index (χ1v) is 7.73. The molecule has 1 aromatic rings. The van der Waals surface area contributed by atoms with E-state index < -0.39 is 6.10 Å². The Hall–Kier alpha value is -0.570. The number of hydrogen-bond acceptors (Lipinski definition) is 2. The van der Waals surface area contributed by atoms with E-state index in [1.807, 2.05) is 24.3 Å². The van der Waals surface area contributed by atoms with Gasteiger partial charge in [0.15, 0.2) is 0 Å². The van der Waals surface area contributed by atoms with E-state index in [1.54, 1.807) is 0 Å². The number of hydrogen-bond donors (Lipinski definition) is 1. The maximum atomic E-state index is 10.2. The number of likely N-dealkylation sites (tertiary alicyclic amines) is 1. The molecule has 0 aromatic heterocycles. The molecule has 1 heterocycles. The van der Waals surface area contributed by atoms with Crippen LogP contribution in [-0.2, 0) is 0 Å². The molecule has 2 nitrogen and oxygen atoms in total. The summed E-state index contributed by atoms with van der Waals surface area (Å²) < 4.78 is 0. The van der Waals surface area contributed by atoms with E-state index in [4.69, 9.17) is 11.6 Å². The molecule has 1 aromatic carbocycles. The topological polar surface area (TPSA) is 23.5 Å². The summed E-state index contributed by atoms with van der Waals surface area (Å²) >= 11 is 6.11. The molecule has 1 aliphatic rings. The summed E-state index contributed by atoms with van der Waals surface area (Å²) in [7, 11) is 0. The number of benzene rings is 1. The SMILES string of the molecule is CCC1CCCN(CCC(O)c2ccccc2Cl)C1. The Bertz CT molecular complexity index is 396. The number of rotatable bonds is 5. The summed E-state index contributed by atoms with van der Waals surface area (Å²) in [6, 6.07) is 7.58. The minimum Gasteiger partial charge on any atom is -0.388 e. The average Bonchev–Trinajstić information content (AvgIpc) is 2.45. The number of nitrogens with zero attached hydrogens (tertiary/aromatic N) is 1. The molecule has 0 bridgehead atoms. The van der Waals surface area contributed by atoms with E-state index >= 15 is 0 Å². The molecule has 1 saturated heterocycles. The van der Waals surface area contributed by atoms with Crippen LogP contribution in [-0.4, -0.2) is 29.6 Å². The van der Waals surface area contributed by atoms with Crippen LogP contribution in [0.1, 0.15) is 44.3 Å². The van der Waals surface area contributed by atoms with Gasteiger partial charge in [0.25, 0.3) is 0 Å². The maximum absolute atomic E-state index is 10.2. The van der Waals surface area contributed by atoms with Gasteiger partial charge in [-0.05, 0) is 43.4 Å². The van der Waals surface area contributed by atoms with Gasteiger partial charge in [-0.25, -0.2) is 0 Å². The first-order valence-electron chi connectivity index (χ1n) is 7.35. The fraction of sp³-hybridized carbons (Fsp3) is 0.625. The van der Waals surface area contributed by atoms with Gasteiger partial charge < -0.3 is 10.0 Å². The molecular formula is C16H24ClNO. The molecule has 1 N–H and O–H groups in total. The second-order valence-electron chi connectivity index (χ2n) is 5.54. The van der Waals surface area contributed by atoms with Crippen molar-refractivity contribution in [1.82, 2.24) is 4.90 Å². The molecule has 2 rings (SSSR count). The van der Waals surface area contributed by atoms with E-state index in [0.717, 1.165) is 24.4 Å². The zero-order valence-electron chi connectivity index (χ0n) is 11.7. The minimum atomic E-state index is -0.448. The quantitative estimate of drug-likeness (QED) is 0.885. The monoisotopic (exact) mass is 281 g/mol. The molecule has 0 amide bonds. The fourth-order valence-corrected chi connectivity index (χ4v) is 3.15. The number of aliphatic hydroxyl groups is 1. The van der Waals surface area contributed by atoms with Crippen molar-refractivity contribution in [2.75, 3.05) is 19.6 Å². The van der Waals surface area contributed by atoms with Crippen LogP contribution in [0.25, 0.3) is 0 Å². The molecule has 2 unspecified atom stereocenters. The Kier molecular flexibility index (Phi) is 5.68. The molecule has 0 aliphatic carbocycles. The van der Waals surface area contributed by atoms with Gasteiger partial charge in [0.1, 0.15) is 0 Å². The van der Waals surface area contributed by atoms with Gasteiger partial charge >= 0.3 is 0 Å². The standard InChI is InChI=1S/C16H24ClNO/c1-2-13-6-5-10-18(12-13)11-9-16(19)14-7-3-4-8-15(14)17/h3-4,7-8,13,16,19H,2,5-6,9-12H2,1H3. The number of halogens is 1. The Balaban J connectivity index is 1.83. The second-order valence-corrected chi connectivity index (χ2v) is 5.95. The summed E-state index contributed by atoms with van der Waals surface area (Å²) in [5.41, 5.74) is 0.855. The van der Waals surface area contributed by atoms with Crippen molar-refractivity contribution >= 4 is 11.6 Å². The van der Waals surface area contributed by atoms with Crippen molar-refractivity contribution in [3.8, 4) is 0 Å². The lowest BCUT2D eigenvalue weighted by molar-refractivity contribution is 0.118. The van der Waals surface area contributed by atoms with E-state index in [1.165, 1.54) is 32.4 Å². The van der Waals surface area contributed by atoms with Crippen molar-refractivity contribution < 1.29 is 5.11 Å². The van der Waals surface area contributed by atoms with Gasteiger partial charge in [-0.2, -0.15) is 0 Å². The zero-order chi connectivity index (χ0) is 13.7. The van der Waals surface area contributed by atoms with Crippen LogP contribution in [0.3, 0.4) is 0 Å². The zero-order valence-corrected chi connectivity index (χ0v) is 12.4. The van der Waals surface area contributed by atoms with Gasteiger partial charge in [0.2, 0.25) is 0 Å². The van der Waals surface area contributed by atoms with Crippen LogP contribution in [0.4, 0.5) is 0 Å². The van der Waals surface area contributed by atoms with E-state index in [0.29, 0.717) is 5.02 Å². The summed E-state index contributed by atoms with van der Waals surface area (Å²) in [6.07, 6.45) is 4.24. The molecule has 19 heavy (non-hydrogen) atoms. The van der Waals surface area contributed by atoms with Crippen molar-refractivity contribution in [2.24, 2.45) is 5.92 Å². The van der Waals surface area contributed by atoms with Crippen LogP contribution >= 0.6 is 11.6 Å². The van der Waals surface area contributed by atoms with Gasteiger partial charge in [-0.15, -0.1) is 0 Å². The molecule has 1 aliphatic heterocycles. The highest BCUT2D eigenvalue weighted by Crippen LogP contribution is 2.26. The maximum Gasteiger partial charge on any atom is 0.0816 e. The molecule has 2 atom stereocenters. The normalized spacial score (nSPS) is 22.4. The van der Waals surface area contributed by atoms with Crippen LogP contribution in [0.15, 0.2) is 24.3 Å². The molecular weight excluding hydrogens is 258 g/mol. The van der Waals surface area contributed by atoms with E-state index in [2.05, 4.69) is 11.8 Å². The summed E-state index contributed by atoms with van der Waals surface area (Å²) in [5, 5.41) is 10.9. The Morgan fingerprint density at radius 1 is 1.42 bits per heavy atom. The highest BCUT2D eigenvalue weighted by molar-refractivity contribution is 6.31. The third-order valence-corrected chi connectivity index (χ3v) is 4.51. The largest absolute Gasteiger partial charge is 0.388 e. The fourth-order valence-electron chi connectivity index (χ4n) is 2.89. The lowest BCUT2D eigenvalue weighted by Gasteiger charge is -2.32. The molecule has 0 radical (unpaired) electrons. The predicted octanol–water partition coefficient (Wildman–Crippen LogP) is 3.89. The van der Waals surface area contributed by atoms with Crippen molar-refractivity contribution in [3.63, 3.8) is 0 Å². The Morgan fingerprint density at radius 3 is 2.95 bits per heavy atom. The van der Waals surface area contributed by atoms with E-state index in [-0.39, 0.29) is 0 Å². The predicted molar refractivity (Wildman–Crippen MR) is 80.5 cm³/mol. The molecule has 106 valence electrons. The van der Waals surface area contributed by atoms with Gasteiger partial charge in [-0.1, -0.05) is 43.1 Å². The summed E-state index contributed by atoms with van der Waals surface area (Å²) in [5.74, 6) is 0.839. The Labute approximate surface area is 121 Å².